The van der Waals surface area contributed by atoms with Gasteiger partial charge in [-0.15, -0.1) is 0 Å². The Labute approximate surface area is 174 Å². The third kappa shape index (κ3) is 2.44. The number of phenolic OH excluding ortho intramolecular Hbond substituents is 1. The van der Waals surface area contributed by atoms with Crippen LogP contribution >= 0.6 is 0 Å². The number of hydrogen-bond donors (Lipinski definition) is 2. The molecule has 1 atom stereocenters. The topological polar surface area (TPSA) is 70.4 Å². The van der Waals surface area contributed by atoms with Crippen LogP contribution in [-0.4, -0.2) is 21.2 Å². The van der Waals surface area contributed by atoms with E-state index in [1.54, 1.807) is 25.1 Å². The predicted octanol–water partition coefficient (Wildman–Crippen LogP) is 5.76. The molecule has 0 saturated heterocycles. The van der Waals surface area contributed by atoms with Crippen LogP contribution in [0.15, 0.2) is 36.4 Å². The van der Waals surface area contributed by atoms with Gasteiger partial charge in [0.05, 0.1) is 10.9 Å². The molecule has 2 aromatic carbocycles. The summed E-state index contributed by atoms with van der Waals surface area (Å²) < 4.78 is 14.0. The minimum Gasteiger partial charge on any atom is -0.508 e. The summed E-state index contributed by atoms with van der Waals surface area (Å²) in [7, 11) is 0. The summed E-state index contributed by atoms with van der Waals surface area (Å²) in [6.07, 6.45) is 1.41. The maximum Gasteiger partial charge on any atom is 0.310 e. The van der Waals surface area contributed by atoms with Crippen LogP contribution in [0.3, 0.4) is 0 Å². The third-order valence-corrected chi connectivity index (χ3v) is 7.10. The van der Waals surface area contributed by atoms with Crippen molar-refractivity contribution < 1.29 is 19.4 Å². The number of aliphatic carboxylic acids is 1. The Morgan fingerprint density at radius 2 is 1.93 bits per heavy atom. The number of halogens is 1. The first-order chi connectivity index (χ1) is 14.2. The van der Waals surface area contributed by atoms with Gasteiger partial charge in [0, 0.05) is 23.1 Å². The first kappa shape index (κ1) is 19.0. The van der Waals surface area contributed by atoms with E-state index >= 15 is 0 Å². The van der Waals surface area contributed by atoms with Crippen LogP contribution in [-0.2, 0) is 4.79 Å². The lowest BCUT2D eigenvalue weighted by molar-refractivity contribution is -0.196. The fraction of sp³-hybridized carbons (Fsp3) is 0.360. The maximum absolute atomic E-state index is 14.0. The molecule has 3 aromatic rings. The second-order valence-corrected chi connectivity index (χ2v) is 9.21. The molecule has 1 unspecified atom stereocenters. The molecule has 1 heterocycles. The first-order valence-corrected chi connectivity index (χ1v) is 10.4. The summed E-state index contributed by atoms with van der Waals surface area (Å²) in [6, 6.07) is 10.2. The molecule has 0 amide bonds. The number of aromatic nitrogens is 1. The van der Waals surface area contributed by atoms with E-state index in [0.717, 1.165) is 27.8 Å². The minimum absolute atomic E-state index is 0.108. The molecule has 2 N–H and O–H groups in total. The highest BCUT2D eigenvalue weighted by Gasteiger charge is 2.71. The zero-order valence-electron chi connectivity index (χ0n) is 17.2. The number of phenols is 1. The monoisotopic (exact) mass is 405 g/mol. The third-order valence-electron chi connectivity index (χ3n) is 7.10. The summed E-state index contributed by atoms with van der Waals surface area (Å²) in [4.78, 5) is 17.0. The number of carboxylic acid groups (broad SMARTS) is 1. The van der Waals surface area contributed by atoms with Gasteiger partial charge in [0.25, 0.3) is 0 Å². The lowest BCUT2D eigenvalue weighted by Gasteiger charge is -2.65. The quantitative estimate of drug-likeness (QED) is 0.579. The van der Waals surface area contributed by atoms with Gasteiger partial charge in [-0.05, 0) is 78.1 Å². The van der Waals surface area contributed by atoms with Crippen molar-refractivity contribution in [3.05, 3.63) is 59.0 Å². The number of nitrogens with zero attached hydrogens (tertiary/aromatic N) is 1. The normalized spacial score (nSPS) is 24.6. The molecule has 30 heavy (non-hydrogen) atoms. The average Bonchev–Trinajstić information content (AvgIpc) is 2.60. The van der Waals surface area contributed by atoms with Gasteiger partial charge in [-0.3, -0.25) is 9.78 Å². The molecular weight excluding hydrogens is 381 g/mol. The largest absolute Gasteiger partial charge is 0.508 e. The number of fused-ring (bicyclic) bond motifs is 1. The van der Waals surface area contributed by atoms with Gasteiger partial charge >= 0.3 is 5.97 Å². The molecular formula is C25H24FNO3. The number of benzene rings is 2. The van der Waals surface area contributed by atoms with Gasteiger partial charge in [-0.25, -0.2) is 4.39 Å². The molecule has 0 spiro atoms. The summed E-state index contributed by atoms with van der Waals surface area (Å²) in [6.45, 7) is 5.92. The van der Waals surface area contributed by atoms with E-state index in [1.807, 2.05) is 12.1 Å². The molecule has 154 valence electrons. The van der Waals surface area contributed by atoms with Gasteiger partial charge in [0.1, 0.15) is 11.6 Å². The van der Waals surface area contributed by atoms with Crippen LogP contribution in [0.5, 0.6) is 5.75 Å². The Hall–Kier alpha value is -2.95. The van der Waals surface area contributed by atoms with E-state index in [4.69, 9.17) is 4.98 Å². The van der Waals surface area contributed by atoms with Crippen LogP contribution in [0.4, 0.5) is 4.39 Å². The van der Waals surface area contributed by atoms with Crippen molar-refractivity contribution in [1.82, 2.24) is 4.98 Å². The summed E-state index contributed by atoms with van der Waals surface area (Å²) in [5, 5.41) is 20.8. The lowest BCUT2D eigenvalue weighted by Crippen LogP contribution is -2.64. The van der Waals surface area contributed by atoms with E-state index in [2.05, 4.69) is 13.8 Å². The highest BCUT2D eigenvalue weighted by atomic mass is 19.1. The SMILES string of the molecule is Cc1cc(-c2c(C(C)C)c(C3C4CC3(C(=O)O)C4)nc3cc(O)ccc23)ccc1F. The summed E-state index contributed by atoms with van der Waals surface area (Å²) in [5.41, 5.74) is 4.17. The van der Waals surface area contributed by atoms with Gasteiger partial charge < -0.3 is 10.2 Å². The smallest absolute Gasteiger partial charge is 0.310 e. The highest BCUT2D eigenvalue weighted by molar-refractivity contribution is 5.98. The number of carbonyl (C=O) groups is 1. The molecule has 0 radical (unpaired) electrons. The number of rotatable bonds is 4. The highest BCUT2D eigenvalue weighted by Crippen LogP contribution is 2.73. The molecule has 3 aliphatic carbocycles. The van der Waals surface area contributed by atoms with Crippen molar-refractivity contribution >= 4 is 16.9 Å². The molecule has 4 nitrogen and oxygen atoms in total. The van der Waals surface area contributed by atoms with Gasteiger partial charge in [-0.1, -0.05) is 19.9 Å². The van der Waals surface area contributed by atoms with Gasteiger partial charge in [0.2, 0.25) is 0 Å². The van der Waals surface area contributed by atoms with Crippen molar-refractivity contribution in [3.8, 4) is 16.9 Å². The molecule has 5 heteroatoms. The van der Waals surface area contributed by atoms with Crippen molar-refractivity contribution in [2.75, 3.05) is 0 Å². The number of aryl methyl sites for hydroxylation is 1. The van der Waals surface area contributed by atoms with Gasteiger partial charge in [0.15, 0.2) is 0 Å². The zero-order valence-corrected chi connectivity index (χ0v) is 17.2. The van der Waals surface area contributed by atoms with Crippen LogP contribution in [0.25, 0.3) is 22.0 Å². The molecule has 0 aliphatic heterocycles. The summed E-state index contributed by atoms with van der Waals surface area (Å²) in [5.74, 6) is -0.556. The van der Waals surface area contributed by atoms with Gasteiger partial charge in [-0.2, -0.15) is 0 Å². The summed E-state index contributed by atoms with van der Waals surface area (Å²) >= 11 is 0. The lowest BCUT2D eigenvalue weighted by atomic mass is 9.36. The minimum atomic E-state index is -0.748. The molecule has 3 fully saturated rings. The van der Waals surface area contributed by atoms with E-state index in [0.29, 0.717) is 29.8 Å². The fourth-order valence-electron chi connectivity index (χ4n) is 5.51. The standard InChI is InChI=1S/C25H24FNO3/c1-12(2)20-21(14-4-7-18(26)13(3)8-14)17-6-5-16(28)9-19(17)27-23(20)22-15-10-25(22,11-15)24(29)30/h4-9,12,15,22,28H,10-11H2,1-3H3,(H,29,30). The molecule has 3 saturated carbocycles. The molecule has 1 aromatic heterocycles. The predicted molar refractivity (Wildman–Crippen MR) is 113 cm³/mol. The van der Waals surface area contributed by atoms with E-state index in [-0.39, 0.29) is 23.4 Å². The second kappa shape index (κ2) is 6.27. The number of pyridine rings is 1. The molecule has 2 bridgehead atoms. The van der Waals surface area contributed by atoms with E-state index in [9.17, 15) is 19.4 Å². The number of carboxylic acids is 1. The number of hydrogen-bond acceptors (Lipinski definition) is 3. The van der Waals surface area contributed by atoms with Crippen LogP contribution in [0.2, 0.25) is 0 Å². The molecule has 3 aliphatic rings. The van der Waals surface area contributed by atoms with Crippen molar-refractivity contribution in [1.29, 1.82) is 0 Å². The van der Waals surface area contributed by atoms with Crippen LogP contribution in [0, 0.1) is 24.1 Å². The Balaban J connectivity index is 1.84. The number of aromatic hydroxyl groups is 1. The average molecular weight is 405 g/mol. The van der Waals surface area contributed by atoms with Crippen molar-refractivity contribution in [2.45, 2.75) is 45.4 Å². The second-order valence-electron chi connectivity index (χ2n) is 9.21. The van der Waals surface area contributed by atoms with Crippen molar-refractivity contribution in [2.24, 2.45) is 11.3 Å². The van der Waals surface area contributed by atoms with E-state index in [1.165, 1.54) is 6.07 Å². The zero-order chi connectivity index (χ0) is 21.4. The molecule has 6 rings (SSSR count). The Morgan fingerprint density at radius 1 is 1.20 bits per heavy atom. The van der Waals surface area contributed by atoms with Crippen molar-refractivity contribution in [3.63, 3.8) is 0 Å². The first-order valence-electron chi connectivity index (χ1n) is 10.4. The maximum atomic E-state index is 14.0. The van der Waals surface area contributed by atoms with Crippen LogP contribution < -0.4 is 0 Å². The Kier molecular flexibility index (Phi) is 3.98. The Morgan fingerprint density at radius 3 is 2.50 bits per heavy atom. The fourth-order valence-corrected chi connectivity index (χ4v) is 5.51. The van der Waals surface area contributed by atoms with E-state index < -0.39 is 11.4 Å². The Bertz CT molecular complexity index is 1210. The van der Waals surface area contributed by atoms with Crippen LogP contribution in [0.1, 0.15) is 55.3 Å².